The first-order valence-corrected chi connectivity index (χ1v) is 8.80. The molecule has 0 aliphatic heterocycles. The number of aromatic amines is 1. The number of nitrogens with zero attached hydrogens (tertiary/aromatic N) is 1. The van der Waals surface area contributed by atoms with Crippen molar-refractivity contribution in [1.29, 1.82) is 0 Å². The second kappa shape index (κ2) is 6.87. The third-order valence-corrected chi connectivity index (χ3v) is 4.66. The minimum atomic E-state index is -4.54. The average Bonchev–Trinajstić information content (AvgIpc) is 3.29. The number of imidazole rings is 1. The summed E-state index contributed by atoms with van der Waals surface area (Å²) < 4.78 is 45.0. The smallest absolute Gasteiger partial charge is 0.417 e. The van der Waals surface area contributed by atoms with Crippen molar-refractivity contribution < 1.29 is 17.6 Å². The number of aryl methyl sites for hydroxylation is 1. The van der Waals surface area contributed by atoms with Crippen LogP contribution in [0, 0.1) is 6.92 Å². The summed E-state index contributed by atoms with van der Waals surface area (Å²) in [6.45, 7) is 1.90. The van der Waals surface area contributed by atoms with Gasteiger partial charge in [-0.15, -0.1) is 0 Å². The predicted octanol–water partition coefficient (Wildman–Crippen LogP) is 6.98. The maximum atomic E-state index is 13.1. The highest BCUT2D eigenvalue weighted by Crippen LogP contribution is 2.38. The third-order valence-electron chi connectivity index (χ3n) is 4.33. The van der Waals surface area contributed by atoms with Crippen LogP contribution in [-0.2, 0) is 6.18 Å². The van der Waals surface area contributed by atoms with Gasteiger partial charge in [-0.3, -0.25) is 0 Å². The highest BCUT2D eigenvalue weighted by molar-refractivity contribution is 6.31. The van der Waals surface area contributed by atoms with Gasteiger partial charge in [0, 0.05) is 16.8 Å². The molecule has 4 aromatic rings. The van der Waals surface area contributed by atoms with E-state index in [4.69, 9.17) is 16.0 Å². The number of benzene rings is 2. The summed E-state index contributed by atoms with van der Waals surface area (Å²) in [5.41, 5.74) is 2.01. The molecule has 0 saturated carbocycles. The normalized spacial score (nSPS) is 11.8. The summed E-state index contributed by atoms with van der Waals surface area (Å²) in [4.78, 5) is 7.74. The number of hydrogen-bond donors (Lipinski definition) is 1. The number of H-pyrrole nitrogens is 1. The van der Waals surface area contributed by atoms with Crippen molar-refractivity contribution in [3.8, 4) is 34.2 Å². The molecular weight excluding hydrogens is 389 g/mol. The molecule has 0 saturated heterocycles. The maximum Gasteiger partial charge on any atom is 0.417 e. The lowest BCUT2D eigenvalue weighted by molar-refractivity contribution is -0.137. The Morgan fingerprint density at radius 2 is 1.64 bits per heavy atom. The zero-order valence-corrected chi connectivity index (χ0v) is 15.4. The Labute approximate surface area is 163 Å². The van der Waals surface area contributed by atoms with Crippen LogP contribution >= 0.6 is 11.6 Å². The SMILES string of the molecule is Cc1[nH]c(-c2ccc(-c3ccc(Cl)c(C(F)(F)F)c3)o2)nc1-c1ccccc1. The number of furan rings is 1. The molecule has 0 radical (unpaired) electrons. The van der Waals surface area contributed by atoms with E-state index in [1.54, 1.807) is 12.1 Å². The number of rotatable bonds is 3. The topological polar surface area (TPSA) is 41.8 Å². The number of nitrogens with one attached hydrogen (secondary N) is 1. The molecule has 142 valence electrons. The fraction of sp³-hybridized carbons (Fsp3) is 0.0952. The third kappa shape index (κ3) is 3.43. The molecule has 0 bridgehead atoms. The van der Waals surface area contributed by atoms with E-state index in [1.165, 1.54) is 12.1 Å². The molecule has 0 fully saturated rings. The van der Waals surface area contributed by atoms with Crippen LogP contribution in [-0.4, -0.2) is 9.97 Å². The molecule has 3 nitrogen and oxygen atoms in total. The molecule has 0 unspecified atom stereocenters. The summed E-state index contributed by atoms with van der Waals surface area (Å²) in [6.07, 6.45) is -4.54. The van der Waals surface area contributed by atoms with Gasteiger partial charge in [-0.25, -0.2) is 4.98 Å². The van der Waals surface area contributed by atoms with Gasteiger partial charge >= 0.3 is 6.18 Å². The second-order valence-electron chi connectivity index (χ2n) is 6.28. The Morgan fingerprint density at radius 3 is 2.36 bits per heavy atom. The van der Waals surface area contributed by atoms with Crippen molar-refractivity contribution >= 4 is 11.6 Å². The number of hydrogen-bond acceptors (Lipinski definition) is 2. The van der Waals surface area contributed by atoms with Gasteiger partial charge in [0.2, 0.25) is 0 Å². The van der Waals surface area contributed by atoms with Crippen LogP contribution in [0.2, 0.25) is 5.02 Å². The van der Waals surface area contributed by atoms with Gasteiger partial charge in [-0.1, -0.05) is 41.9 Å². The molecular formula is C21H14ClF3N2O. The maximum absolute atomic E-state index is 13.1. The molecule has 0 aliphatic carbocycles. The number of halogens is 4. The van der Waals surface area contributed by atoms with Crippen molar-refractivity contribution in [2.45, 2.75) is 13.1 Å². The Hall–Kier alpha value is -2.99. The molecule has 0 aliphatic rings. The molecule has 28 heavy (non-hydrogen) atoms. The lowest BCUT2D eigenvalue weighted by Crippen LogP contribution is -2.05. The summed E-state index contributed by atoms with van der Waals surface area (Å²) in [5, 5.41) is -0.350. The van der Waals surface area contributed by atoms with Crippen LogP contribution in [0.1, 0.15) is 11.3 Å². The van der Waals surface area contributed by atoms with Crippen molar-refractivity contribution in [3.63, 3.8) is 0 Å². The Bertz CT molecular complexity index is 1130. The van der Waals surface area contributed by atoms with E-state index in [-0.39, 0.29) is 10.6 Å². The summed E-state index contributed by atoms with van der Waals surface area (Å²) >= 11 is 5.68. The molecule has 2 heterocycles. The van der Waals surface area contributed by atoms with Crippen LogP contribution < -0.4 is 0 Å². The Balaban J connectivity index is 1.70. The van der Waals surface area contributed by atoms with Crippen LogP contribution in [0.4, 0.5) is 13.2 Å². The van der Waals surface area contributed by atoms with Crippen LogP contribution in [0.3, 0.4) is 0 Å². The van der Waals surface area contributed by atoms with E-state index < -0.39 is 11.7 Å². The number of aromatic nitrogens is 2. The van der Waals surface area contributed by atoms with Crippen molar-refractivity contribution in [1.82, 2.24) is 9.97 Å². The minimum absolute atomic E-state index is 0.287. The Kier molecular flexibility index (Phi) is 4.51. The van der Waals surface area contributed by atoms with Gasteiger partial charge < -0.3 is 9.40 Å². The standard InChI is InChI=1S/C21H14ClF3N2O/c1-12-19(13-5-3-2-4-6-13)27-20(26-12)18-10-9-17(28-18)14-7-8-16(22)15(11-14)21(23,24)25/h2-11H,1H3,(H,26,27). The van der Waals surface area contributed by atoms with E-state index in [0.717, 1.165) is 23.0 Å². The lowest BCUT2D eigenvalue weighted by atomic mass is 10.1. The van der Waals surface area contributed by atoms with E-state index in [9.17, 15) is 13.2 Å². The average molecular weight is 403 g/mol. The van der Waals surface area contributed by atoms with Gasteiger partial charge in [0.15, 0.2) is 11.6 Å². The van der Waals surface area contributed by atoms with Crippen LogP contribution in [0.15, 0.2) is 65.1 Å². The summed E-state index contributed by atoms with van der Waals surface area (Å²) in [5.74, 6) is 1.24. The van der Waals surface area contributed by atoms with Gasteiger partial charge in [0.1, 0.15) is 5.76 Å². The molecule has 4 rings (SSSR count). The largest absolute Gasteiger partial charge is 0.453 e. The predicted molar refractivity (Wildman–Crippen MR) is 102 cm³/mol. The first-order valence-electron chi connectivity index (χ1n) is 8.42. The first-order chi connectivity index (χ1) is 13.3. The summed E-state index contributed by atoms with van der Waals surface area (Å²) in [6, 6.07) is 16.6. The van der Waals surface area contributed by atoms with E-state index >= 15 is 0 Å². The quantitative estimate of drug-likeness (QED) is 0.401. The van der Waals surface area contributed by atoms with E-state index in [1.807, 2.05) is 37.3 Å². The van der Waals surface area contributed by atoms with Gasteiger partial charge in [-0.2, -0.15) is 13.2 Å². The lowest BCUT2D eigenvalue weighted by Gasteiger charge is -2.09. The summed E-state index contributed by atoms with van der Waals surface area (Å²) in [7, 11) is 0. The molecule has 0 atom stereocenters. The fourth-order valence-corrected chi connectivity index (χ4v) is 3.19. The first kappa shape index (κ1) is 18.4. The molecule has 0 amide bonds. The molecule has 7 heteroatoms. The van der Waals surface area contributed by atoms with Crippen LogP contribution in [0.25, 0.3) is 34.2 Å². The van der Waals surface area contributed by atoms with Gasteiger partial charge in [0.05, 0.1) is 16.3 Å². The molecule has 2 aromatic carbocycles. The number of alkyl halides is 3. The van der Waals surface area contributed by atoms with Gasteiger partial charge in [0.25, 0.3) is 0 Å². The second-order valence-corrected chi connectivity index (χ2v) is 6.69. The van der Waals surface area contributed by atoms with E-state index in [2.05, 4.69) is 9.97 Å². The fourth-order valence-electron chi connectivity index (χ4n) is 2.97. The zero-order valence-electron chi connectivity index (χ0n) is 14.6. The molecule has 2 aromatic heterocycles. The minimum Gasteiger partial charge on any atom is -0.453 e. The van der Waals surface area contributed by atoms with E-state index in [0.29, 0.717) is 17.3 Å². The van der Waals surface area contributed by atoms with Crippen LogP contribution in [0.5, 0.6) is 0 Å². The highest BCUT2D eigenvalue weighted by atomic mass is 35.5. The van der Waals surface area contributed by atoms with Crippen molar-refractivity contribution in [3.05, 3.63) is 76.9 Å². The monoisotopic (exact) mass is 402 g/mol. The molecule has 0 spiro atoms. The molecule has 1 N–H and O–H groups in total. The van der Waals surface area contributed by atoms with Gasteiger partial charge in [-0.05, 0) is 37.3 Å². The highest BCUT2D eigenvalue weighted by Gasteiger charge is 2.33. The Morgan fingerprint density at radius 1 is 0.929 bits per heavy atom. The zero-order chi connectivity index (χ0) is 19.9. The van der Waals surface area contributed by atoms with Crippen molar-refractivity contribution in [2.24, 2.45) is 0 Å². The van der Waals surface area contributed by atoms with Crippen molar-refractivity contribution in [2.75, 3.05) is 0 Å².